The summed E-state index contributed by atoms with van der Waals surface area (Å²) >= 11 is 0. The van der Waals surface area contributed by atoms with Gasteiger partial charge in [-0.2, -0.15) is 0 Å². The second kappa shape index (κ2) is 7.19. The molecule has 2 heterocycles. The summed E-state index contributed by atoms with van der Waals surface area (Å²) in [6.07, 6.45) is 0.996. The fourth-order valence-electron chi connectivity index (χ4n) is 3.54. The van der Waals surface area contributed by atoms with E-state index in [0.717, 1.165) is 30.0 Å². The Morgan fingerprint density at radius 2 is 1.93 bits per heavy atom. The van der Waals surface area contributed by atoms with Gasteiger partial charge in [-0.15, -0.1) is 10.2 Å². The van der Waals surface area contributed by atoms with Gasteiger partial charge in [0, 0.05) is 24.5 Å². The van der Waals surface area contributed by atoms with Crippen LogP contribution in [0.15, 0.2) is 60.7 Å². The maximum Gasteiger partial charge on any atom is 0.278 e. The summed E-state index contributed by atoms with van der Waals surface area (Å²) < 4.78 is 0. The van der Waals surface area contributed by atoms with Crippen molar-refractivity contribution in [3.63, 3.8) is 0 Å². The standard InChI is InChI=1S/C22H22N4O/c1-3-25(18-9-6-7-16(2)15-18)22(27)19-11-12-21(24-23-19)26-14-13-17-8-4-5-10-20(17)26/h4-12,15H,3,13-14H2,1-2H3. The monoisotopic (exact) mass is 358 g/mol. The molecule has 0 N–H and O–H groups in total. The van der Waals surface area contributed by atoms with Crippen LogP contribution in [-0.4, -0.2) is 29.2 Å². The van der Waals surface area contributed by atoms with Crippen molar-refractivity contribution in [1.82, 2.24) is 10.2 Å². The fourth-order valence-corrected chi connectivity index (χ4v) is 3.54. The second-order valence-electron chi connectivity index (χ2n) is 6.70. The van der Waals surface area contributed by atoms with Crippen molar-refractivity contribution in [2.75, 3.05) is 22.9 Å². The maximum atomic E-state index is 12.9. The first-order chi connectivity index (χ1) is 13.2. The van der Waals surface area contributed by atoms with Gasteiger partial charge in [-0.1, -0.05) is 30.3 Å². The summed E-state index contributed by atoms with van der Waals surface area (Å²) in [5.41, 5.74) is 4.83. The minimum atomic E-state index is -0.135. The molecule has 5 nitrogen and oxygen atoms in total. The number of anilines is 3. The van der Waals surface area contributed by atoms with Crippen LogP contribution < -0.4 is 9.80 Å². The van der Waals surface area contributed by atoms with Crippen LogP contribution in [0.4, 0.5) is 17.2 Å². The number of fused-ring (bicyclic) bond motifs is 1. The highest BCUT2D eigenvalue weighted by Crippen LogP contribution is 2.32. The molecule has 0 atom stereocenters. The van der Waals surface area contributed by atoms with Crippen molar-refractivity contribution in [2.24, 2.45) is 0 Å². The van der Waals surface area contributed by atoms with E-state index in [1.165, 1.54) is 11.3 Å². The van der Waals surface area contributed by atoms with E-state index in [0.29, 0.717) is 12.2 Å². The van der Waals surface area contributed by atoms with Crippen LogP contribution >= 0.6 is 0 Å². The van der Waals surface area contributed by atoms with Crippen LogP contribution in [0.25, 0.3) is 0 Å². The average Bonchev–Trinajstić information content (AvgIpc) is 3.13. The first-order valence-electron chi connectivity index (χ1n) is 9.25. The average molecular weight is 358 g/mol. The van der Waals surface area contributed by atoms with E-state index in [4.69, 9.17) is 0 Å². The number of carbonyl (C=O) groups excluding carboxylic acids is 1. The predicted octanol–water partition coefficient (Wildman–Crippen LogP) is 4.15. The Labute approximate surface area is 159 Å². The summed E-state index contributed by atoms with van der Waals surface area (Å²) in [4.78, 5) is 16.8. The molecule has 0 radical (unpaired) electrons. The first kappa shape index (κ1) is 17.2. The van der Waals surface area contributed by atoms with Gasteiger partial charge in [0.25, 0.3) is 5.91 Å². The van der Waals surface area contributed by atoms with Crippen LogP contribution in [0.5, 0.6) is 0 Å². The molecule has 136 valence electrons. The molecule has 1 aromatic heterocycles. The van der Waals surface area contributed by atoms with E-state index >= 15 is 0 Å². The molecule has 3 aromatic rings. The number of rotatable bonds is 4. The highest BCUT2D eigenvalue weighted by Gasteiger charge is 2.22. The third-order valence-electron chi connectivity index (χ3n) is 4.91. The van der Waals surface area contributed by atoms with Crippen LogP contribution in [0.3, 0.4) is 0 Å². The van der Waals surface area contributed by atoms with Crippen molar-refractivity contribution < 1.29 is 4.79 Å². The van der Waals surface area contributed by atoms with Gasteiger partial charge in [0.15, 0.2) is 11.5 Å². The molecule has 2 aromatic carbocycles. The Morgan fingerprint density at radius 3 is 2.67 bits per heavy atom. The maximum absolute atomic E-state index is 12.9. The number of aryl methyl sites for hydroxylation is 1. The molecule has 0 saturated heterocycles. The number of benzene rings is 2. The van der Waals surface area contributed by atoms with Crippen molar-refractivity contribution >= 4 is 23.1 Å². The van der Waals surface area contributed by atoms with Crippen LogP contribution in [-0.2, 0) is 6.42 Å². The number of hydrogen-bond donors (Lipinski definition) is 0. The zero-order chi connectivity index (χ0) is 18.8. The molecule has 0 unspecified atom stereocenters. The summed E-state index contributed by atoms with van der Waals surface area (Å²) in [5, 5.41) is 8.57. The Bertz CT molecular complexity index is 968. The van der Waals surface area contributed by atoms with E-state index in [9.17, 15) is 4.79 Å². The summed E-state index contributed by atoms with van der Waals surface area (Å²) in [5.74, 6) is 0.638. The number of hydrogen-bond acceptors (Lipinski definition) is 4. The Hall–Kier alpha value is -3.21. The minimum Gasteiger partial charge on any atom is -0.324 e. The molecule has 0 aliphatic carbocycles. The molecule has 1 aliphatic rings. The van der Waals surface area contributed by atoms with Gasteiger partial charge < -0.3 is 9.80 Å². The van der Waals surface area contributed by atoms with Crippen molar-refractivity contribution in [2.45, 2.75) is 20.3 Å². The van der Waals surface area contributed by atoms with E-state index in [2.05, 4.69) is 33.3 Å². The van der Waals surface area contributed by atoms with Gasteiger partial charge in [0.2, 0.25) is 0 Å². The number of amides is 1. The van der Waals surface area contributed by atoms with E-state index in [-0.39, 0.29) is 5.91 Å². The lowest BCUT2D eigenvalue weighted by Crippen LogP contribution is -2.31. The number of nitrogens with zero attached hydrogens (tertiary/aromatic N) is 4. The normalized spacial score (nSPS) is 12.7. The molecular weight excluding hydrogens is 336 g/mol. The Kier molecular flexibility index (Phi) is 4.59. The molecule has 0 bridgehead atoms. The van der Waals surface area contributed by atoms with Crippen LogP contribution in [0, 0.1) is 6.92 Å². The highest BCUT2D eigenvalue weighted by atomic mass is 16.2. The lowest BCUT2D eigenvalue weighted by molar-refractivity contribution is 0.0982. The summed E-state index contributed by atoms with van der Waals surface area (Å²) in [7, 11) is 0. The number of aromatic nitrogens is 2. The molecule has 0 spiro atoms. The van der Waals surface area contributed by atoms with Gasteiger partial charge in [0.05, 0.1) is 0 Å². The SMILES string of the molecule is CCN(C(=O)c1ccc(N2CCc3ccccc32)nn1)c1cccc(C)c1. The van der Waals surface area contributed by atoms with Crippen molar-refractivity contribution in [3.8, 4) is 0 Å². The molecule has 0 saturated carbocycles. The lowest BCUT2D eigenvalue weighted by atomic mass is 10.2. The minimum absolute atomic E-state index is 0.135. The quantitative estimate of drug-likeness (QED) is 0.703. The number of carbonyl (C=O) groups is 1. The van der Waals surface area contributed by atoms with Crippen molar-refractivity contribution in [3.05, 3.63) is 77.5 Å². The largest absolute Gasteiger partial charge is 0.324 e. The van der Waals surface area contributed by atoms with Gasteiger partial charge in [0.1, 0.15) is 0 Å². The number of para-hydroxylation sites is 1. The van der Waals surface area contributed by atoms with Gasteiger partial charge >= 0.3 is 0 Å². The highest BCUT2D eigenvalue weighted by molar-refractivity contribution is 6.04. The molecule has 1 aliphatic heterocycles. The summed E-state index contributed by atoms with van der Waals surface area (Å²) in [6, 6.07) is 19.9. The first-order valence-corrected chi connectivity index (χ1v) is 9.25. The van der Waals surface area contributed by atoms with E-state index in [1.807, 2.05) is 50.2 Å². The predicted molar refractivity (Wildman–Crippen MR) is 108 cm³/mol. The molecule has 1 amide bonds. The van der Waals surface area contributed by atoms with Gasteiger partial charge in [-0.3, -0.25) is 4.79 Å². The molecular formula is C22H22N4O. The van der Waals surface area contributed by atoms with Crippen LogP contribution in [0.2, 0.25) is 0 Å². The topological polar surface area (TPSA) is 49.3 Å². The van der Waals surface area contributed by atoms with Gasteiger partial charge in [-0.05, 0) is 61.7 Å². The third kappa shape index (κ3) is 3.28. The zero-order valence-corrected chi connectivity index (χ0v) is 15.6. The molecule has 5 heteroatoms. The smallest absolute Gasteiger partial charge is 0.278 e. The third-order valence-corrected chi connectivity index (χ3v) is 4.91. The van der Waals surface area contributed by atoms with Crippen LogP contribution in [0.1, 0.15) is 28.5 Å². The fraction of sp³-hybridized carbons (Fsp3) is 0.227. The lowest BCUT2D eigenvalue weighted by Gasteiger charge is -2.21. The second-order valence-corrected chi connectivity index (χ2v) is 6.70. The Balaban J connectivity index is 1.58. The van der Waals surface area contributed by atoms with Crippen molar-refractivity contribution in [1.29, 1.82) is 0 Å². The van der Waals surface area contributed by atoms with E-state index in [1.54, 1.807) is 11.0 Å². The molecule has 27 heavy (non-hydrogen) atoms. The summed E-state index contributed by atoms with van der Waals surface area (Å²) in [6.45, 7) is 5.43. The molecule has 4 rings (SSSR count). The van der Waals surface area contributed by atoms with Gasteiger partial charge in [-0.25, -0.2) is 0 Å². The van der Waals surface area contributed by atoms with E-state index < -0.39 is 0 Å². The zero-order valence-electron chi connectivity index (χ0n) is 15.6. The molecule has 0 fully saturated rings. The Morgan fingerprint density at radius 1 is 1.07 bits per heavy atom.